The number of aromatic amines is 1. The smallest absolute Gasteiger partial charge is 0.198 e. The first kappa shape index (κ1) is 24.5. The van der Waals surface area contributed by atoms with E-state index in [1.807, 2.05) is 24.3 Å². The normalized spacial score (nSPS) is 16.1. The lowest BCUT2D eigenvalue weighted by atomic mass is 10.0. The zero-order valence-corrected chi connectivity index (χ0v) is 20.4. The number of aliphatic imine (C=N–C) groups is 1. The summed E-state index contributed by atoms with van der Waals surface area (Å²) in [4.78, 5) is 22.4. The summed E-state index contributed by atoms with van der Waals surface area (Å²) < 4.78 is 19.0. The summed E-state index contributed by atoms with van der Waals surface area (Å²) >= 11 is 0. The standard InChI is InChI=1S/C29H29FN4O3/c30-21-11-13-34(18-21)12-2-14-37-24-8-6-23(7-9-24)32-17-26-25-10-5-20(16-27(25)33-29(26)36)28(35)19-3-1-4-22(31)15-19/h1,3-10,15-17,21,33,36H,2,11-14,18,31H2. The first-order valence-corrected chi connectivity index (χ1v) is 12.3. The molecule has 4 N–H and O–H groups in total. The summed E-state index contributed by atoms with van der Waals surface area (Å²) in [5, 5.41) is 11.2. The van der Waals surface area contributed by atoms with Crippen LogP contribution < -0.4 is 10.5 Å². The van der Waals surface area contributed by atoms with Crippen molar-refractivity contribution in [1.82, 2.24) is 9.88 Å². The molecule has 0 amide bonds. The van der Waals surface area contributed by atoms with Gasteiger partial charge in [0.1, 0.15) is 11.9 Å². The number of rotatable bonds is 9. The number of fused-ring (bicyclic) bond motifs is 1. The minimum Gasteiger partial charge on any atom is -0.494 e. The van der Waals surface area contributed by atoms with E-state index in [9.17, 15) is 14.3 Å². The Balaban J connectivity index is 1.21. The van der Waals surface area contributed by atoms with Gasteiger partial charge in [0.25, 0.3) is 0 Å². The SMILES string of the molecule is Nc1cccc(C(=O)c2ccc3c(C=Nc4ccc(OCCCN5CCC(F)C5)cc4)c(O)[nH]c3c2)c1. The Bertz CT molecular complexity index is 1430. The van der Waals surface area contributed by atoms with E-state index < -0.39 is 6.17 Å². The highest BCUT2D eigenvalue weighted by Crippen LogP contribution is 2.28. The molecule has 7 nitrogen and oxygen atoms in total. The fraction of sp³-hybridized carbons (Fsp3) is 0.241. The molecule has 0 spiro atoms. The number of carbonyl (C=O) groups is 1. The van der Waals surface area contributed by atoms with Crippen molar-refractivity contribution in [2.45, 2.75) is 19.0 Å². The van der Waals surface area contributed by atoms with Gasteiger partial charge in [-0.15, -0.1) is 0 Å². The van der Waals surface area contributed by atoms with Gasteiger partial charge in [0.15, 0.2) is 11.7 Å². The molecule has 4 aromatic rings. The van der Waals surface area contributed by atoms with Crippen LogP contribution in [0.3, 0.4) is 0 Å². The van der Waals surface area contributed by atoms with Crippen LogP contribution in [0.4, 0.5) is 15.8 Å². The molecule has 1 saturated heterocycles. The van der Waals surface area contributed by atoms with Gasteiger partial charge < -0.3 is 25.5 Å². The molecule has 0 saturated carbocycles. The van der Waals surface area contributed by atoms with Gasteiger partial charge in [0.2, 0.25) is 0 Å². The van der Waals surface area contributed by atoms with Crippen molar-refractivity contribution in [3.05, 3.63) is 83.4 Å². The third kappa shape index (κ3) is 5.81. The predicted molar refractivity (Wildman–Crippen MR) is 144 cm³/mol. The van der Waals surface area contributed by atoms with Crippen LogP contribution in [0.15, 0.2) is 71.7 Å². The summed E-state index contributed by atoms with van der Waals surface area (Å²) in [7, 11) is 0. The quantitative estimate of drug-likeness (QED) is 0.126. The number of hydrogen-bond acceptors (Lipinski definition) is 6. The molecule has 37 heavy (non-hydrogen) atoms. The van der Waals surface area contributed by atoms with E-state index >= 15 is 0 Å². The van der Waals surface area contributed by atoms with Gasteiger partial charge in [-0.25, -0.2) is 4.39 Å². The van der Waals surface area contributed by atoms with Crippen molar-refractivity contribution >= 4 is 34.3 Å². The fourth-order valence-corrected chi connectivity index (χ4v) is 4.56. The third-order valence-corrected chi connectivity index (χ3v) is 6.51. The monoisotopic (exact) mass is 500 g/mol. The Morgan fingerprint density at radius 2 is 1.97 bits per heavy atom. The highest BCUT2D eigenvalue weighted by Gasteiger charge is 2.20. The summed E-state index contributed by atoms with van der Waals surface area (Å²) in [6.07, 6.45) is 2.38. The van der Waals surface area contributed by atoms with Crippen LogP contribution in [0, 0.1) is 0 Å². The van der Waals surface area contributed by atoms with E-state index in [0.717, 1.165) is 30.6 Å². The van der Waals surface area contributed by atoms with Gasteiger partial charge >= 0.3 is 0 Å². The molecule has 1 unspecified atom stereocenters. The second-order valence-corrected chi connectivity index (χ2v) is 9.24. The van der Waals surface area contributed by atoms with E-state index in [1.165, 1.54) is 0 Å². The lowest BCUT2D eigenvalue weighted by Gasteiger charge is -2.14. The molecule has 5 rings (SSSR count). The molecule has 0 aliphatic carbocycles. The summed E-state index contributed by atoms with van der Waals surface area (Å²) in [5.41, 5.74) is 9.21. The number of carbonyl (C=O) groups excluding carboxylic acids is 1. The number of nitrogens with one attached hydrogen (secondary N) is 1. The van der Waals surface area contributed by atoms with E-state index in [2.05, 4.69) is 14.9 Å². The first-order chi connectivity index (χ1) is 18.0. The molecule has 1 fully saturated rings. The molecular formula is C29H29FN4O3. The maximum Gasteiger partial charge on any atom is 0.198 e. The zero-order valence-electron chi connectivity index (χ0n) is 20.4. The van der Waals surface area contributed by atoms with E-state index in [1.54, 1.807) is 48.7 Å². The van der Waals surface area contributed by atoms with Crippen LogP contribution in [0.5, 0.6) is 11.6 Å². The number of benzene rings is 3. The van der Waals surface area contributed by atoms with Crippen LogP contribution >= 0.6 is 0 Å². The van der Waals surface area contributed by atoms with Crippen LogP contribution in [0.2, 0.25) is 0 Å². The van der Waals surface area contributed by atoms with Gasteiger partial charge in [-0.05, 0) is 55.3 Å². The fourth-order valence-electron chi connectivity index (χ4n) is 4.56. The number of hydrogen-bond donors (Lipinski definition) is 3. The van der Waals surface area contributed by atoms with Crippen molar-refractivity contribution < 1.29 is 19.0 Å². The van der Waals surface area contributed by atoms with Crippen molar-refractivity contribution in [2.24, 2.45) is 4.99 Å². The van der Waals surface area contributed by atoms with E-state index in [4.69, 9.17) is 10.5 Å². The topological polar surface area (TPSA) is 104 Å². The molecule has 1 aliphatic heterocycles. The molecule has 2 heterocycles. The summed E-state index contributed by atoms with van der Waals surface area (Å²) in [6, 6.07) is 19.5. The van der Waals surface area contributed by atoms with Gasteiger partial charge in [0.05, 0.1) is 17.9 Å². The molecule has 1 atom stereocenters. The predicted octanol–water partition coefficient (Wildman–Crippen LogP) is 5.25. The summed E-state index contributed by atoms with van der Waals surface area (Å²) in [6.45, 7) is 2.76. The average molecular weight is 501 g/mol. The Kier molecular flexibility index (Phi) is 7.18. The first-order valence-electron chi connectivity index (χ1n) is 12.3. The number of halogens is 1. The van der Waals surface area contributed by atoms with Crippen LogP contribution in [0.25, 0.3) is 10.9 Å². The van der Waals surface area contributed by atoms with Crippen molar-refractivity contribution in [1.29, 1.82) is 0 Å². The van der Waals surface area contributed by atoms with E-state index in [0.29, 0.717) is 53.2 Å². The van der Waals surface area contributed by atoms with Crippen LogP contribution in [-0.2, 0) is 0 Å². The number of nitrogens with two attached hydrogens (primary N) is 1. The number of ether oxygens (including phenoxy) is 1. The van der Waals surface area contributed by atoms with Crippen LogP contribution in [-0.4, -0.2) is 59.4 Å². The number of aromatic nitrogens is 1. The van der Waals surface area contributed by atoms with Crippen LogP contribution in [0.1, 0.15) is 34.3 Å². The number of likely N-dealkylation sites (tertiary alicyclic amines) is 1. The van der Waals surface area contributed by atoms with Crippen molar-refractivity contribution in [3.8, 4) is 11.6 Å². The average Bonchev–Trinajstić information content (AvgIpc) is 3.46. The molecule has 1 aromatic heterocycles. The highest BCUT2D eigenvalue weighted by molar-refractivity contribution is 6.12. The molecule has 3 aromatic carbocycles. The van der Waals surface area contributed by atoms with Gasteiger partial charge in [-0.1, -0.05) is 24.3 Å². The number of anilines is 1. The molecule has 8 heteroatoms. The number of aromatic hydroxyl groups is 1. The van der Waals surface area contributed by atoms with Crippen molar-refractivity contribution in [3.63, 3.8) is 0 Å². The Morgan fingerprint density at radius 3 is 2.73 bits per heavy atom. The summed E-state index contributed by atoms with van der Waals surface area (Å²) in [5.74, 6) is 0.575. The molecule has 0 bridgehead atoms. The second kappa shape index (κ2) is 10.8. The van der Waals surface area contributed by atoms with Crippen molar-refractivity contribution in [2.75, 3.05) is 32.0 Å². The minimum absolute atomic E-state index is 0.0238. The molecule has 0 radical (unpaired) electrons. The highest BCUT2D eigenvalue weighted by atomic mass is 19.1. The molecule has 190 valence electrons. The number of nitrogen functional groups attached to an aromatic ring is 1. The number of nitrogens with zero attached hydrogens (tertiary/aromatic N) is 2. The third-order valence-electron chi connectivity index (χ3n) is 6.51. The maximum absolute atomic E-state index is 13.2. The lowest BCUT2D eigenvalue weighted by Crippen LogP contribution is -2.23. The molecular weight excluding hydrogens is 471 g/mol. The number of H-pyrrole nitrogens is 1. The van der Waals surface area contributed by atoms with Gasteiger partial charge in [0, 0.05) is 53.6 Å². The number of alkyl halides is 1. The Hall–Kier alpha value is -4.17. The van der Waals surface area contributed by atoms with Gasteiger partial charge in [-0.3, -0.25) is 9.79 Å². The Morgan fingerprint density at radius 1 is 1.16 bits per heavy atom. The number of ketones is 1. The van der Waals surface area contributed by atoms with E-state index in [-0.39, 0.29) is 11.7 Å². The minimum atomic E-state index is -0.693. The lowest BCUT2D eigenvalue weighted by molar-refractivity contribution is 0.103. The van der Waals surface area contributed by atoms with Gasteiger partial charge in [-0.2, -0.15) is 0 Å². The maximum atomic E-state index is 13.2. The zero-order chi connectivity index (χ0) is 25.8. The second-order valence-electron chi connectivity index (χ2n) is 9.24. The Labute approximate surface area is 214 Å². The molecule has 1 aliphatic rings. The largest absolute Gasteiger partial charge is 0.494 e.